The van der Waals surface area contributed by atoms with Crippen LogP contribution in [0.1, 0.15) is 18.1 Å². The van der Waals surface area contributed by atoms with E-state index in [9.17, 15) is 13.2 Å². The molecule has 1 saturated heterocycles. The van der Waals surface area contributed by atoms with Gasteiger partial charge in [-0.3, -0.25) is 9.10 Å². The predicted octanol–water partition coefficient (Wildman–Crippen LogP) is 4.23. The first-order valence-electron chi connectivity index (χ1n) is 11.8. The molecule has 0 spiro atoms. The Kier molecular flexibility index (Phi) is 8.73. The van der Waals surface area contributed by atoms with Crippen molar-refractivity contribution in [1.29, 1.82) is 0 Å². The van der Waals surface area contributed by atoms with Gasteiger partial charge in [0.25, 0.3) is 15.9 Å². The van der Waals surface area contributed by atoms with Crippen LogP contribution in [0.3, 0.4) is 0 Å². The van der Waals surface area contributed by atoms with Crippen molar-refractivity contribution < 1.29 is 22.7 Å². The minimum absolute atomic E-state index is 0.0505. The number of rotatable bonds is 11. The van der Waals surface area contributed by atoms with E-state index < -0.39 is 22.5 Å². The van der Waals surface area contributed by atoms with Crippen molar-refractivity contribution in [3.63, 3.8) is 0 Å². The Morgan fingerprint density at radius 3 is 2.46 bits per heavy atom. The molecule has 0 bridgehead atoms. The van der Waals surface area contributed by atoms with Crippen LogP contribution in [0, 0.1) is 6.92 Å². The molecule has 3 aromatic rings. The molecule has 10 heteroatoms. The van der Waals surface area contributed by atoms with Gasteiger partial charge >= 0.3 is 0 Å². The van der Waals surface area contributed by atoms with E-state index in [4.69, 9.17) is 9.47 Å². The van der Waals surface area contributed by atoms with Crippen LogP contribution in [0.2, 0.25) is 0 Å². The van der Waals surface area contributed by atoms with E-state index in [0.29, 0.717) is 18.0 Å². The number of sulfonamides is 1. The highest BCUT2D eigenvalue weighted by molar-refractivity contribution is 8.00. The standard InChI is InChI=1S/C27H29N3O5S2/c1-3-34-23-11-13-26(14-12-23)37(32,33)30(22-9-7-20(2)8-10-22)17-27(31)29-28-16-21-5-4-6-24(15-21)35-25-18-36-19-25/h4-16,25H,3,17-19H2,1-2H3,(H,29,31)/b28-16-. The number of nitrogens with one attached hydrogen (secondary N) is 1. The highest BCUT2D eigenvalue weighted by atomic mass is 32.2. The Bertz CT molecular complexity index is 1340. The normalized spacial score (nSPS) is 13.7. The minimum Gasteiger partial charge on any atom is -0.494 e. The van der Waals surface area contributed by atoms with Gasteiger partial charge in [0, 0.05) is 11.5 Å². The predicted molar refractivity (Wildman–Crippen MR) is 147 cm³/mol. The number of hydrazone groups is 1. The lowest BCUT2D eigenvalue weighted by Gasteiger charge is -2.25. The lowest BCUT2D eigenvalue weighted by molar-refractivity contribution is -0.119. The first-order chi connectivity index (χ1) is 17.8. The zero-order valence-corrected chi connectivity index (χ0v) is 22.3. The number of amides is 1. The van der Waals surface area contributed by atoms with Crippen LogP contribution in [0.5, 0.6) is 11.5 Å². The second kappa shape index (κ2) is 12.2. The first-order valence-corrected chi connectivity index (χ1v) is 14.4. The quantitative estimate of drug-likeness (QED) is 0.289. The summed E-state index contributed by atoms with van der Waals surface area (Å²) in [5.41, 5.74) is 4.53. The average Bonchev–Trinajstić information content (AvgIpc) is 2.86. The molecule has 1 fully saturated rings. The number of nitrogens with zero attached hydrogens (tertiary/aromatic N) is 2. The van der Waals surface area contributed by atoms with Gasteiger partial charge in [-0.25, -0.2) is 13.8 Å². The molecular formula is C27H29N3O5S2. The molecule has 1 N–H and O–H groups in total. The maximum Gasteiger partial charge on any atom is 0.264 e. The lowest BCUT2D eigenvalue weighted by atomic mass is 10.2. The molecule has 1 aliphatic heterocycles. The van der Waals surface area contributed by atoms with Crippen LogP contribution in [-0.2, 0) is 14.8 Å². The third-order valence-electron chi connectivity index (χ3n) is 5.50. The van der Waals surface area contributed by atoms with Crippen LogP contribution in [-0.4, -0.2) is 51.3 Å². The van der Waals surface area contributed by atoms with Gasteiger partial charge in [0.2, 0.25) is 0 Å². The van der Waals surface area contributed by atoms with Crippen molar-refractivity contribution in [2.24, 2.45) is 5.10 Å². The molecule has 0 aliphatic carbocycles. The van der Waals surface area contributed by atoms with Crippen LogP contribution in [0.4, 0.5) is 5.69 Å². The van der Waals surface area contributed by atoms with Gasteiger partial charge in [-0.05, 0) is 67.9 Å². The van der Waals surface area contributed by atoms with Crippen molar-refractivity contribution in [3.05, 3.63) is 83.9 Å². The summed E-state index contributed by atoms with van der Waals surface area (Å²) in [4.78, 5) is 12.8. The van der Waals surface area contributed by atoms with Gasteiger partial charge in [-0.2, -0.15) is 16.9 Å². The molecule has 4 rings (SSSR count). The summed E-state index contributed by atoms with van der Waals surface area (Å²) < 4.78 is 39.4. The summed E-state index contributed by atoms with van der Waals surface area (Å²) in [5.74, 6) is 2.69. The van der Waals surface area contributed by atoms with E-state index in [1.807, 2.05) is 49.9 Å². The second-order valence-electron chi connectivity index (χ2n) is 8.39. The zero-order chi connectivity index (χ0) is 26.3. The molecule has 1 amide bonds. The summed E-state index contributed by atoms with van der Waals surface area (Å²) in [7, 11) is -4.04. The number of anilines is 1. The molecule has 0 atom stereocenters. The molecule has 0 saturated carbocycles. The Balaban J connectivity index is 1.48. The van der Waals surface area contributed by atoms with Crippen molar-refractivity contribution in [2.45, 2.75) is 24.8 Å². The summed E-state index contributed by atoms with van der Waals surface area (Å²) in [5, 5.41) is 4.02. The number of ether oxygens (including phenoxy) is 2. The number of hydrogen-bond donors (Lipinski definition) is 1. The second-order valence-corrected chi connectivity index (χ2v) is 11.3. The monoisotopic (exact) mass is 539 g/mol. The average molecular weight is 540 g/mol. The lowest BCUT2D eigenvalue weighted by Crippen LogP contribution is -2.39. The Labute approximate surface area is 221 Å². The summed E-state index contributed by atoms with van der Waals surface area (Å²) >= 11 is 1.84. The number of hydrogen-bond acceptors (Lipinski definition) is 7. The number of carbonyl (C=O) groups excluding carboxylic acids is 1. The van der Waals surface area contributed by atoms with Gasteiger partial charge in [0.05, 0.1) is 23.4 Å². The van der Waals surface area contributed by atoms with E-state index in [2.05, 4.69) is 10.5 Å². The number of benzene rings is 3. The van der Waals surface area contributed by atoms with Crippen molar-refractivity contribution in [2.75, 3.05) is 29.0 Å². The fraction of sp³-hybridized carbons (Fsp3) is 0.259. The highest BCUT2D eigenvalue weighted by Gasteiger charge is 2.27. The van der Waals surface area contributed by atoms with E-state index in [0.717, 1.165) is 32.7 Å². The van der Waals surface area contributed by atoms with Crippen molar-refractivity contribution in [3.8, 4) is 11.5 Å². The van der Waals surface area contributed by atoms with Crippen molar-refractivity contribution in [1.82, 2.24) is 5.43 Å². The molecule has 8 nitrogen and oxygen atoms in total. The molecule has 194 valence electrons. The number of aryl methyl sites for hydroxylation is 1. The molecule has 37 heavy (non-hydrogen) atoms. The van der Waals surface area contributed by atoms with Crippen LogP contribution in [0.25, 0.3) is 0 Å². The largest absolute Gasteiger partial charge is 0.494 e. The Hall–Kier alpha value is -3.50. The van der Waals surface area contributed by atoms with Crippen LogP contribution in [0.15, 0.2) is 82.8 Å². The summed E-state index contributed by atoms with van der Waals surface area (Å²) in [6, 6.07) is 20.5. The molecule has 1 aliphatic rings. The smallest absolute Gasteiger partial charge is 0.264 e. The number of thioether (sulfide) groups is 1. The number of carbonyl (C=O) groups is 1. The van der Waals surface area contributed by atoms with Crippen LogP contribution >= 0.6 is 11.8 Å². The van der Waals surface area contributed by atoms with Gasteiger partial charge in [0.1, 0.15) is 24.1 Å². The highest BCUT2D eigenvalue weighted by Crippen LogP contribution is 2.26. The summed E-state index contributed by atoms with van der Waals surface area (Å²) in [6.07, 6.45) is 1.72. The Morgan fingerprint density at radius 1 is 1.08 bits per heavy atom. The van der Waals surface area contributed by atoms with Crippen LogP contribution < -0.4 is 19.2 Å². The third-order valence-corrected chi connectivity index (χ3v) is 8.51. The van der Waals surface area contributed by atoms with E-state index in [-0.39, 0.29) is 11.0 Å². The van der Waals surface area contributed by atoms with Gasteiger partial charge in [0.15, 0.2) is 0 Å². The maximum absolute atomic E-state index is 13.5. The molecule has 0 unspecified atom stereocenters. The van der Waals surface area contributed by atoms with E-state index in [1.165, 1.54) is 18.3 Å². The maximum atomic E-state index is 13.5. The molecule has 3 aromatic carbocycles. The zero-order valence-electron chi connectivity index (χ0n) is 20.7. The van der Waals surface area contributed by atoms with Gasteiger partial charge in [-0.15, -0.1) is 0 Å². The summed E-state index contributed by atoms with van der Waals surface area (Å²) in [6.45, 7) is 3.78. The van der Waals surface area contributed by atoms with Gasteiger partial charge in [-0.1, -0.05) is 29.8 Å². The third kappa shape index (κ3) is 7.05. The van der Waals surface area contributed by atoms with Crippen molar-refractivity contribution >= 4 is 39.6 Å². The minimum atomic E-state index is -4.04. The van der Waals surface area contributed by atoms with E-state index in [1.54, 1.807) is 36.4 Å². The molecule has 0 aromatic heterocycles. The van der Waals surface area contributed by atoms with Gasteiger partial charge < -0.3 is 9.47 Å². The molecule has 0 radical (unpaired) electrons. The molecule has 1 heterocycles. The fourth-order valence-corrected chi connectivity index (χ4v) is 5.50. The topological polar surface area (TPSA) is 97.3 Å². The first kappa shape index (κ1) is 26.6. The SMILES string of the molecule is CCOc1ccc(S(=O)(=O)N(CC(=O)N/N=C\c2cccc(OC3CSC3)c2)c2ccc(C)cc2)cc1. The molecular weight excluding hydrogens is 510 g/mol. The fourth-order valence-electron chi connectivity index (χ4n) is 3.52. The van der Waals surface area contributed by atoms with E-state index >= 15 is 0 Å². The Morgan fingerprint density at radius 2 is 1.81 bits per heavy atom.